The molecule has 1 rings (SSSR count). The van der Waals surface area contributed by atoms with Gasteiger partial charge in [0.25, 0.3) is 6.43 Å². The van der Waals surface area contributed by atoms with E-state index in [0.29, 0.717) is 12.3 Å². The second-order valence-corrected chi connectivity index (χ2v) is 5.12. The predicted molar refractivity (Wildman–Crippen MR) is 73.7 cm³/mol. The van der Waals surface area contributed by atoms with Crippen LogP contribution in [-0.4, -0.2) is 25.7 Å². The SMILES string of the molecule is CC(C)c1ccc(CC(N)CCOCC(F)F)cc1. The highest BCUT2D eigenvalue weighted by Gasteiger charge is 2.07. The summed E-state index contributed by atoms with van der Waals surface area (Å²) >= 11 is 0. The third-order valence-electron chi connectivity index (χ3n) is 3.02. The molecule has 4 heteroatoms. The van der Waals surface area contributed by atoms with Crippen LogP contribution in [0.1, 0.15) is 37.3 Å². The van der Waals surface area contributed by atoms with Crippen molar-refractivity contribution in [3.05, 3.63) is 35.4 Å². The minimum atomic E-state index is -2.40. The van der Waals surface area contributed by atoms with Gasteiger partial charge in [-0.05, 0) is 29.9 Å². The Kier molecular flexibility index (Phi) is 6.95. The highest BCUT2D eigenvalue weighted by Crippen LogP contribution is 2.15. The van der Waals surface area contributed by atoms with Gasteiger partial charge < -0.3 is 10.5 Å². The van der Waals surface area contributed by atoms with Crippen LogP contribution in [0.5, 0.6) is 0 Å². The molecular formula is C15H23F2NO. The van der Waals surface area contributed by atoms with Gasteiger partial charge in [-0.2, -0.15) is 0 Å². The van der Waals surface area contributed by atoms with Gasteiger partial charge in [-0.15, -0.1) is 0 Å². The lowest BCUT2D eigenvalue weighted by Gasteiger charge is -2.13. The van der Waals surface area contributed by atoms with Gasteiger partial charge in [-0.3, -0.25) is 0 Å². The van der Waals surface area contributed by atoms with Crippen LogP contribution in [0.3, 0.4) is 0 Å². The van der Waals surface area contributed by atoms with Gasteiger partial charge in [0.1, 0.15) is 6.61 Å². The zero-order chi connectivity index (χ0) is 14.3. The number of halogens is 2. The second-order valence-electron chi connectivity index (χ2n) is 5.12. The first-order chi connectivity index (χ1) is 8.99. The highest BCUT2D eigenvalue weighted by atomic mass is 19.3. The Balaban J connectivity index is 2.29. The fraction of sp³-hybridized carbons (Fsp3) is 0.600. The molecule has 0 amide bonds. The fourth-order valence-electron chi connectivity index (χ4n) is 1.85. The third-order valence-corrected chi connectivity index (χ3v) is 3.02. The van der Waals surface area contributed by atoms with Crippen LogP contribution >= 0.6 is 0 Å². The smallest absolute Gasteiger partial charge is 0.261 e. The van der Waals surface area contributed by atoms with Gasteiger partial charge in [0.05, 0.1) is 0 Å². The highest BCUT2D eigenvalue weighted by molar-refractivity contribution is 5.25. The summed E-state index contributed by atoms with van der Waals surface area (Å²) in [5, 5.41) is 0. The Morgan fingerprint density at radius 1 is 1.16 bits per heavy atom. The number of ether oxygens (including phenoxy) is 1. The summed E-state index contributed by atoms with van der Waals surface area (Å²) in [7, 11) is 0. The maximum Gasteiger partial charge on any atom is 0.261 e. The van der Waals surface area contributed by atoms with Gasteiger partial charge in [0.2, 0.25) is 0 Å². The van der Waals surface area contributed by atoms with Crippen LogP contribution in [0.15, 0.2) is 24.3 Å². The molecule has 1 aromatic carbocycles. The summed E-state index contributed by atoms with van der Waals surface area (Å²) in [5.41, 5.74) is 8.43. The summed E-state index contributed by atoms with van der Waals surface area (Å²) < 4.78 is 28.5. The molecule has 19 heavy (non-hydrogen) atoms. The predicted octanol–water partition coefficient (Wildman–Crippen LogP) is 3.35. The van der Waals surface area contributed by atoms with Crippen LogP contribution < -0.4 is 5.73 Å². The van der Waals surface area contributed by atoms with E-state index in [2.05, 4.69) is 38.1 Å². The number of nitrogens with two attached hydrogens (primary N) is 1. The van der Waals surface area contributed by atoms with E-state index in [1.54, 1.807) is 0 Å². The minimum Gasteiger partial charge on any atom is -0.375 e. The zero-order valence-electron chi connectivity index (χ0n) is 11.6. The molecule has 0 bridgehead atoms. The van der Waals surface area contributed by atoms with Crippen molar-refractivity contribution in [1.29, 1.82) is 0 Å². The van der Waals surface area contributed by atoms with Gasteiger partial charge >= 0.3 is 0 Å². The lowest BCUT2D eigenvalue weighted by molar-refractivity contribution is 0.0153. The largest absolute Gasteiger partial charge is 0.375 e. The molecule has 2 nitrogen and oxygen atoms in total. The van der Waals surface area contributed by atoms with E-state index in [9.17, 15) is 8.78 Å². The first-order valence-corrected chi connectivity index (χ1v) is 6.69. The molecule has 0 aliphatic rings. The van der Waals surface area contributed by atoms with Crippen LogP contribution in [0.25, 0.3) is 0 Å². The van der Waals surface area contributed by atoms with Gasteiger partial charge in [0.15, 0.2) is 0 Å². The van der Waals surface area contributed by atoms with Crippen molar-refractivity contribution in [1.82, 2.24) is 0 Å². The summed E-state index contributed by atoms with van der Waals surface area (Å²) in [5.74, 6) is 0.519. The molecule has 0 spiro atoms. The molecule has 0 aliphatic carbocycles. The summed E-state index contributed by atoms with van der Waals surface area (Å²) in [4.78, 5) is 0. The maximum atomic E-state index is 11.9. The molecule has 0 radical (unpaired) electrons. The average molecular weight is 271 g/mol. The maximum absolute atomic E-state index is 11.9. The minimum absolute atomic E-state index is 0.0532. The van der Waals surface area contributed by atoms with Crippen molar-refractivity contribution in [2.45, 2.75) is 45.1 Å². The lowest BCUT2D eigenvalue weighted by atomic mass is 9.98. The van der Waals surface area contributed by atoms with E-state index in [1.807, 2.05) is 0 Å². The molecule has 0 aliphatic heterocycles. The van der Waals surface area contributed by atoms with Crippen molar-refractivity contribution < 1.29 is 13.5 Å². The Labute approximate surface area is 114 Å². The molecule has 1 unspecified atom stereocenters. The number of hydrogen-bond acceptors (Lipinski definition) is 2. The number of rotatable bonds is 8. The molecule has 1 atom stereocenters. The van der Waals surface area contributed by atoms with Gasteiger partial charge in [0, 0.05) is 12.6 Å². The number of benzene rings is 1. The first kappa shape index (κ1) is 16.1. The Hall–Kier alpha value is -1.00. The average Bonchev–Trinajstić information content (AvgIpc) is 2.35. The van der Waals surface area contributed by atoms with E-state index < -0.39 is 13.0 Å². The van der Waals surface area contributed by atoms with Crippen LogP contribution in [0.2, 0.25) is 0 Å². The Morgan fingerprint density at radius 3 is 2.32 bits per heavy atom. The molecule has 0 aromatic heterocycles. The molecule has 2 N–H and O–H groups in total. The standard InChI is InChI=1S/C15H23F2NO/c1-11(2)13-5-3-12(4-6-13)9-14(18)7-8-19-10-15(16)17/h3-6,11,14-15H,7-10,18H2,1-2H3. The molecule has 1 aromatic rings. The van der Waals surface area contributed by atoms with Gasteiger partial charge in [-0.1, -0.05) is 38.1 Å². The third kappa shape index (κ3) is 6.64. The normalized spacial score (nSPS) is 13.2. The summed E-state index contributed by atoms with van der Waals surface area (Å²) in [6.07, 6.45) is -1.06. The van der Waals surface area contributed by atoms with Crippen molar-refractivity contribution >= 4 is 0 Å². The Bertz CT molecular complexity index is 352. The molecule has 0 saturated heterocycles. The molecule has 108 valence electrons. The van der Waals surface area contributed by atoms with E-state index in [4.69, 9.17) is 10.5 Å². The summed E-state index contributed by atoms with van der Waals surface area (Å²) in [6, 6.07) is 8.33. The van der Waals surface area contributed by atoms with E-state index in [-0.39, 0.29) is 12.6 Å². The number of alkyl halides is 2. The number of hydrogen-bond donors (Lipinski definition) is 1. The van der Waals surface area contributed by atoms with Crippen LogP contribution in [0, 0.1) is 0 Å². The monoisotopic (exact) mass is 271 g/mol. The van der Waals surface area contributed by atoms with Crippen molar-refractivity contribution in [2.24, 2.45) is 5.73 Å². The fourth-order valence-corrected chi connectivity index (χ4v) is 1.85. The van der Waals surface area contributed by atoms with Crippen LogP contribution in [-0.2, 0) is 11.2 Å². The topological polar surface area (TPSA) is 35.2 Å². The van der Waals surface area contributed by atoms with E-state index in [0.717, 1.165) is 6.42 Å². The van der Waals surface area contributed by atoms with Crippen molar-refractivity contribution in [3.8, 4) is 0 Å². The van der Waals surface area contributed by atoms with Gasteiger partial charge in [-0.25, -0.2) is 8.78 Å². The van der Waals surface area contributed by atoms with Crippen LogP contribution in [0.4, 0.5) is 8.78 Å². The van der Waals surface area contributed by atoms with Crippen molar-refractivity contribution in [2.75, 3.05) is 13.2 Å². The van der Waals surface area contributed by atoms with E-state index >= 15 is 0 Å². The lowest BCUT2D eigenvalue weighted by Crippen LogP contribution is -2.25. The van der Waals surface area contributed by atoms with E-state index in [1.165, 1.54) is 11.1 Å². The Morgan fingerprint density at radius 2 is 1.79 bits per heavy atom. The molecule has 0 heterocycles. The first-order valence-electron chi connectivity index (χ1n) is 6.69. The zero-order valence-corrected chi connectivity index (χ0v) is 11.6. The quantitative estimate of drug-likeness (QED) is 0.736. The summed E-state index contributed by atoms with van der Waals surface area (Å²) in [6.45, 7) is 4.09. The van der Waals surface area contributed by atoms with Crippen molar-refractivity contribution in [3.63, 3.8) is 0 Å². The molecular weight excluding hydrogens is 248 g/mol. The second kappa shape index (κ2) is 8.23. The molecule has 0 saturated carbocycles. The molecule has 0 fully saturated rings.